The standard InChI is InChI=1S/C19H24N4O2/c24-19(20-17-10-23-7-5-13(17)6-8-23)18-15-4-3-14(9-16(15)21-22-18)25-11-12-1-2-12/h3-4,9,12-13,17H,1-2,5-8,10-11H2,(H,20,24)(H,21,22)/t17-/m1/s1. The summed E-state index contributed by atoms with van der Waals surface area (Å²) in [5, 5.41) is 11.3. The van der Waals surface area contributed by atoms with Gasteiger partial charge in [0.05, 0.1) is 12.1 Å². The fourth-order valence-corrected chi connectivity index (χ4v) is 4.13. The average molecular weight is 340 g/mol. The van der Waals surface area contributed by atoms with Crippen LogP contribution in [0.5, 0.6) is 5.75 Å². The van der Waals surface area contributed by atoms with E-state index in [2.05, 4.69) is 20.4 Å². The Bertz CT molecular complexity index is 790. The number of piperidine rings is 3. The third-order valence-corrected chi connectivity index (χ3v) is 5.90. The SMILES string of the molecule is O=C(N[C@@H]1CN2CCC1CC2)c1n[nH]c2cc(OCC3CC3)ccc12. The van der Waals surface area contributed by atoms with E-state index in [1.54, 1.807) is 0 Å². The predicted molar refractivity (Wildman–Crippen MR) is 94.7 cm³/mol. The molecule has 1 aromatic carbocycles. The summed E-state index contributed by atoms with van der Waals surface area (Å²) in [5.74, 6) is 2.10. The Labute approximate surface area is 146 Å². The highest BCUT2D eigenvalue weighted by atomic mass is 16.5. The Kier molecular flexibility index (Phi) is 3.66. The molecule has 2 N–H and O–H groups in total. The molecule has 4 fully saturated rings. The lowest BCUT2D eigenvalue weighted by Crippen LogP contribution is -2.57. The van der Waals surface area contributed by atoms with Crippen molar-refractivity contribution in [3.63, 3.8) is 0 Å². The van der Waals surface area contributed by atoms with Crippen LogP contribution >= 0.6 is 0 Å². The van der Waals surface area contributed by atoms with Gasteiger partial charge in [0.1, 0.15) is 5.75 Å². The number of nitrogens with zero attached hydrogens (tertiary/aromatic N) is 2. The van der Waals surface area contributed by atoms with Crippen LogP contribution in [-0.4, -0.2) is 53.3 Å². The molecular weight excluding hydrogens is 316 g/mol. The Morgan fingerprint density at radius 2 is 2.12 bits per heavy atom. The minimum Gasteiger partial charge on any atom is -0.493 e. The minimum absolute atomic E-state index is 0.0725. The summed E-state index contributed by atoms with van der Waals surface area (Å²) in [5.41, 5.74) is 1.34. The van der Waals surface area contributed by atoms with E-state index in [0.29, 0.717) is 11.6 Å². The number of aromatic nitrogens is 2. The van der Waals surface area contributed by atoms with Crippen LogP contribution < -0.4 is 10.1 Å². The van der Waals surface area contributed by atoms with E-state index in [1.807, 2.05) is 18.2 Å². The van der Waals surface area contributed by atoms with Gasteiger partial charge in [-0.1, -0.05) is 0 Å². The number of aromatic amines is 1. The summed E-state index contributed by atoms with van der Waals surface area (Å²) in [6.07, 6.45) is 4.92. The molecule has 1 atom stereocenters. The van der Waals surface area contributed by atoms with Gasteiger partial charge in [-0.15, -0.1) is 0 Å². The highest BCUT2D eigenvalue weighted by Crippen LogP contribution is 2.31. The summed E-state index contributed by atoms with van der Waals surface area (Å²) >= 11 is 0. The van der Waals surface area contributed by atoms with Crippen molar-refractivity contribution in [3.05, 3.63) is 23.9 Å². The van der Waals surface area contributed by atoms with Crippen molar-refractivity contribution in [1.82, 2.24) is 20.4 Å². The van der Waals surface area contributed by atoms with Gasteiger partial charge in [-0.3, -0.25) is 9.89 Å². The van der Waals surface area contributed by atoms with E-state index in [0.717, 1.165) is 35.7 Å². The van der Waals surface area contributed by atoms with Gasteiger partial charge in [0.25, 0.3) is 5.91 Å². The van der Waals surface area contributed by atoms with E-state index in [9.17, 15) is 4.79 Å². The second-order valence-electron chi connectivity index (χ2n) is 7.75. The molecule has 2 aromatic rings. The summed E-state index contributed by atoms with van der Waals surface area (Å²) in [4.78, 5) is 15.2. The number of nitrogens with one attached hydrogen (secondary N) is 2. The van der Waals surface area contributed by atoms with E-state index >= 15 is 0 Å². The maximum absolute atomic E-state index is 12.7. The number of amides is 1. The van der Waals surface area contributed by atoms with Crippen molar-refractivity contribution < 1.29 is 9.53 Å². The molecule has 1 amide bonds. The monoisotopic (exact) mass is 340 g/mol. The second kappa shape index (κ2) is 6.02. The van der Waals surface area contributed by atoms with Gasteiger partial charge in [-0.2, -0.15) is 5.10 Å². The van der Waals surface area contributed by atoms with Gasteiger partial charge >= 0.3 is 0 Å². The molecule has 25 heavy (non-hydrogen) atoms. The van der Waals surface area contributed by atoms with Crippen LogP contribution in [0.1, 0.15) is 36.2 Å². The third kappa shape index (κ3) is 2.99. The lowest BCUT2D eigenvalue weighted by Gasteiger charge is -2.44. The Balaban J connectivity index is 1.30. The molecule has 0 radical (unpaired) electrons. The molecule has 1 aliphatic carbocycles. The second-order valence-corrected chi connectivity index (χ2v) is 7.75. The zero-order valence-corrected chi connectivity index (χ0v) is 14.3. The first kappa shape index (κ1) is 15.2. The number of rotatable bonds is 5. The molecule has 0 unspecified atom stereocenters. The van der Waals surface area contributed by atoms with E-state index < -0.39 is 0 Å². The number of H-pyrrole nitrogens is 1. The smallest absolute Gasteiger partial charge is 0.272 e. The molecule has 132 valence electrons. The lowest BCUT2D eigenvalue weighted by molar-refractivity contribution is 0.0618. The maximum Gasteiger partial charge on any atom is 0.272 e. The quantitative estimate of drug-likeness (QED) is 0.875. The molecule has 6 rings (SSSR count). The highest BCUT2D eigenvalue weighted by Gasteiger charge is 2.35. The fourth-order valence-electron chi connectivity index (χ4n) is 4.13. The van der Waals surface area contributed by atoms with Crippen LogP contribution in [0.4, 0.5) is 0 Å². The summed E-state index contributed by atoms with van der Waals surface area (Å²) < 4.78 is 5.81. The van der Waals surface area contributed by atoms with Gasteiger partial charge in [0.15, 0.2) is 5.69 Å². The molecule has 3 saturated heterocycles. The largest absolute Gasteiger partial charge is 0.493 e. The first-order valence-electron chi connectivity index (χ1n) is 9.40. The van der Waals surface area contributed by atoms with Gasteiger partial charge in [-0.25, -0.2) is 0 Å². The van der Waals surface area contributed by atoms with Crippen LogP contribution in [-0.2, 0) is 0 Å². The average Bonchev–Trinajstić information content (AvgIpc) is 3.38. The first-order chi connectivity index (χ1) is 12.3. The minimum atomic E-state index is -0.0725. The summed E-state index contributed by atoms with van der Waals surface area (Å²) in [7, 11) is 0. The molecule has 6 nitrogen and oxygen atoms in total. The Morgan fingerprint density at radius 1 is 1.28 bits per heavy atom. The molecule has 3 aliphatic heterocycles. The van der Waals surface area contributed by atoms with Crippen LogP contribution in [0.15, 0.2) is 18.2 Å². The molecule has 0 spiro atoms. The Morgan fingerprint density at radius 3 is 2.84 bits per heavy atom. The van der Waals surface area contributed by atoms with E-state index in [-0.39, 0.29) is 11.9 Å². The van der Waals surface area contributed by atoms with Gasteiger partial charge < -0.3 is 15.0 Å². The number of fused-ring (bicyclic) bond motifs is 4. The number of hydrogen-bond donors (Lipinski definition) is 2. The fraction of sp³-hybridized carbons (Fsp3) is 0.579. The van der Waals surface area contributed by atoms with Crippen LogP contribution in [0.2, 0.25) is 0 Å². The van der Waals surface area contributed by atoms with Gasteiger partial charge in [-0.05, 0) is 62.7 Å². The molecule has 1 aromatic heterocycles. The summed E-state index contributed by atoms with van der Waals surface area (Å²) in [6, 6.07) is 6.07. The van der Waals surface area contributed by atoms with Gasteiger partial charge in [0.2, 0.25) is 0 Å². The molecule has 1 saturated carbocycles. The third-order valence-electron chi connectivity index (χ3n) is 5.90. The maximum atomic E-state index is 12.7. The Hall–Kier alpha value is -2.08. The van der Waals surface area contributed by atoms with Crippen molar-refractivity contribution >= 4 is 16.8 Å². The number of hydrogen-bond acceptors (Lipinski definition) is 4. The first-order valence-corrected chi connectivity index (χ1v) is 9.40. The van der Waals surface area contributed by atoms with E-state index in [1.165, 1.54) is 38.8 Å². The van der Waals surface area contributed by atoms with Gasteiger partial charge in [0, 0.05) is 24.0 Å². The molecule has 6 heteroatoms. The highest BCUT2D eigenvalue weighted by molar-refractivity contribution is 6.05. The topological polar surface area (TPSA) is 70.2 Å². The zero-order chi connectivity index (χ0) is 16.8. The number of ether oxygens (including phenoxy) is 1. The van der Waals surface area contributed by atoms with Crippen LogP contribution in [0.25, 0.3) is 10.9 Å². The summed E-state index contributed by atoms with van der Waals surface area (Å²) in [6.45, 7) is 4.10. The molecule has 4 heterocycles. The number of carbonyl (C=O) groups excluding carboxylic acids is 1. The van der Waals surface area contributed by atoms with Crippen molar-refractivity contribution in [1.29, 1.82) is 0 Å². The number of carbonyl (C=O) groups is 1. The van der Waals surface area contributed by atoms with E-state index in [4.69, 9.17) is 4.74 Å². The zero-order valence-electron chi connectivity index (χ0n) is 14.3. The predicted octanol–water partition coefficient (Wildman–Crippen LogP) is 2.18. The van der Waals surface area contributed by atoms with Crippen molar-refractivity contribution in [2.75, 3.05) is 26.2 Å². The normalized spacial score (nSPS) is 28.2. The van der Waals surface area contributed by atoms with Crippen LogP contribution in [0.3, 0.4) is 0 Å². The number of benzene rings is 1. The van der Waals surface area contributed by atoms with Crippen molar-refractivity contribution in [2.45, 2.75) is 31.7 Å². The molecule has 4 aliphatic rings. The molecule has 2 bridgehead atoms. The molecular formula is C19H24N4O2. The lowest BCUT2D eigenvalue weighted by atomic mass is 9.84. The van der Waals surface area contributed by atoms with Crippen molar-refractivity contribution in [3.8, 4) is 5.75 Å². The van der Waals surface area contributed by atoms with Crippen molar-refractivity contribution in [2.24, 2.45) is 11.8 Å². The van der Waals surface area contributed by atoms with Crippen LogP contribution in [0, 0.1) is 11.8 Å².